The first kappa shape index (κ1) is 19.5. The van der Waals surface area contributed by atoms with Gasteiger partial charge < -0.3 is 10.4 Å². The molecule has 0 saturated heterocycles. The first-order valence-electron chi connectivity index (χ1n) is 7.89. The summed E-state index contributed by atoms with van der Waals surface area (Å²) in [6.07, 6.45) is -4.74. The third-order valence-electron chi connectivity index (χ3n) is 3.81. The van der Waals surface area contributed by atoms with Gasteiger partial charge in [0.25, 0.3) is 0 Å². The Hall–Kier alpha value is -2.83. The number of hydrogen-bond donors (Lipinski definition) is 2. The number of benzene rings is 2. The number of halogens is 3. The van der Waals surface area contributed by atoms with Crippen molar-refractivity contribution in [2.24, 2.45) is 0 Å². The van der Waals surface area contributed by atoms with Gasteiger partial charge in [0.05, 0.1) is 12.0 Å². The van der Waals surface area contributed by atoms with Crippen LogP contribution in [-0.4, -0.2) is 23.0 Å². The van der Waals surface area contributed by atoms with Crippen LogP contribution in [0.15, 0.2) is 48.5 Å². The van der Waals surface area contributed by atoms with Gasteiger partial charge in [-0.3, -0.25) is 4.79 Å². The Labute approximate surface area is 148 Å². The van der Waals surface area contributed by atoms with Crippen molar-refractivity contribution in [3.63, 3.8) is 0 Å². The molecule has 2 aromatic carbocycles. The maximum Gasteiger partial charge on any atom is 0.416 e. The molecular formula is C19H18F3NO3. The highest BCUT2D eigenvalue weighted by Gasteiger charge is 2.30. The Morgan fingerprint density at radius 1 is 1.08 bits per heavy atom. The van der Waals surface area contributed by atoms with Gasteiger partial charge in [-0.25, -0.2) is 4.79 Å². The molecule has 7 heteroatoms. The van der Waals surface area contributed by atoms with E-state index in [2.05, 4.69) is 5.32 Å². The van der Waals surface area contributed by atoms with E-state index in [4.69, 9.17) is 0 Å². The zero-order valence-electron chi connectivity index (χ0n) is 14.0. The van der Waals surface area contributed by atoms with Crippen molar-refractivity contribution in [3.05, 3.63) is 70.8 Å². The van der Waals surface area contributed by atoms with E-state index in [-0.39, 0.29) is 18.4 Å². The van der Waals surface area contributed by atoms with Gasteiger partial charge in [-0.05, 0) is 24.1 Å². The highest BCUT2D eigenvalue weighted by Crippen LogP contribution is 2.29. The van der Waals surface area contributed by atoms with Gasteiger partial charge in [0.15, 0.2) is 0 Å². The first-order valence-corrected chi connectivity index (χ1v) is 7.89. The predicted octanol–water partition coefficient (Wildman–Crippen LogP) is 3.37. The SMILES string of the molecule is Cc1ccc(C[C@H](NC(=O)Cc2cccc(C(F)(F)F)c2)C(=O)O)cc1. The van der Waals surface area contributed by atoms with Crippen LogP contribution in [-0.2, 0) is 28.6 Å². The predicted molar refractivity (Wildman–Crippen MR) is 89.6 cm³/mol. The smallest absolute Gasteiger partial charge is 0.416 e. The van der Waals surface area contributed by atoms with Gasteiger partial charge in [0.1, 0.15) is 6.04 Å². The van der Waals surface area contributed by atoms with E-state index in [9.17, 15) is 27.9 Å². The molecule has 0 aromatic heterocycles. The van der Waals surface area contributed by atoms with E-state index < -0.39 is 29.7 Å². The van der Waals surface area contributed by atoms with Crippen molar-refractivity contribution in [1.29, 1.82) is 0 Å². The highest BCUT2D eigenvalue weighted by molar-refractivity contribution is 5.85. The van der Waals surface area contributed by atoms with E-state index in [0.29, 0.717) is 0 Å². The molecule has 1 amide bonds. The Balaban J connectivity index is 2.04. The molecule has 4 nitrogen and oxygen atoms in total. The second kappa shape index (κ2) is 8.03. The number of rotatable bonds is 6. The van der Waals surface area contributed by atoms with Gasteiger partial charge in [-0.15, -0.1) is 0 Å². The molecule has 2 rings (SSSR count). The summed E-state index contributed by atoms with van der Waals surface area (Å²) in [5.74, 6) is -1.85. The number of carboxylic acid groups (broad SMARTS) is 1. The molecular weight excluding hydrogens is 347 g/mol. The molecule has 26 heavy (non-hydrogen) atoms. The maximum absolute atomic E-state index is 12.7. The molecule has 0 radical (unpaired) electrons. The average Bonchev–Trinajstić information content (AvgIpc) is 2.55. The third-order valence-corrected chi connectivity index (χ3v) is 3.81. The lowest BCUT2D eigenvalue weighted by molar-refractivity contribution is -0.141. The van der Waals surface area contributed by atoms with Gasteiger partial charge in [0.2, 0.25) is 5.91 Å². The minimum Gasteiger partial charge on any atom is -0.480 e. The molecule has 0 heterocycles. The van der Waals surface area contributed by atoms with Crippen molar-refractivity contribution in [1.82, 2.24) is 5.32 Å². The Bertz CT molecular complexity index is 785. The number of hydrogen-bond acceptors (Lipinski definition) is 2. The van der Waals surface area contributed by atoms with E-state index in [1.165, 1.54) is 12.1 Å². The number of carboxylic acids is 1. The van der Waals surface area contributed by atoms with Crippen LogP contribution in [0.1, 0.15) is 22.3 Å². The summed E-state index contributed by atoms with van der Waals surface area (Å²) < 4.78 is 38.1. The molecule has 138 valence electrons. The normalized spacial score (nSPS) is 12.5. The van der Waals surface area contributed by atoms with Crippen molar-refractivity contribution >= 4 is 11.9 Å². The number of aryl methyl sites for hydroxylation is 1. The van der Waals surface area contributed by atoms with Crippen LogP contribution < -0.4 is 5.32 Å². The molecule has 0 aliphatic carbocycles. The number of nitrogens with one attached hydrogen (secondary N) is 1. The van der Waals surface area contributed by atoms with Gasteiger partial charge in [-0.2, -0.15) is 13.2 Å². The lowest BCUT2D eigenvalue weighted by atomic mass is 10.0. The topological polar surface area (TPSA) is 66.4 Å². The summed E-state index contributed by atoms with van der Waals surface area (Å²) in [5, 5.41) is 11.7. The van der Waals surface area contributed by atoms with E-state index in [1.807, 2.05) is 19.1 Å². The minimum absolute atomic E-state index is 0.0872. The van der Waals surface area contributed by atoms with Crippen LogP contribution in [0.4, 0.5) is 13.2 Å². The Morgan fingerprint density at radius 3 is 2.31 bits per heavy atom. The van der Waals surface area contributed by atoms with Gasteiger partial charge in [-0.1, -0.05) is 48.0 Å². The van der Waals surface area contributed by atoms with Crippen LogP contribution in [0, 0.1) is 6.92 Å². The summed E-state index contributed by atoms with van der Waals surface area (Å²) in [7, 11) is 0. The highest BCUT2D eigenvalue weighted by atomic mass is 19.4. The molecule has 2 aromatic rings. The van der Waals surface area contributed by atoms with Crippen LogP contribution in [0.25, 0.3) is 0 Å². The number of carbonyl (C=O) groups is 2. The van der Waals surface area contributed by atoms with Crippen LogP contribution in [0.2, 0.25) is 0 Å². The zero-order valence-corrected chi connectivity index (χ0v) is 14.0. The molecule has 0 bridgehead atoms. The number of carbonyl (C=O) groups excluding carboxylic acids is 1. The van der Waals surface area contributed by atoms with E-state index >= 15 is 0 Å². The number of alkyl halides is 3. The van der Waals surface area contributed by atoms with Gasteiger partial charge in [0, 0.05) is 6.42 Å². The first-order chi connectivity index (χ1) is 12.1. The lowest BCUT2D eigenvalue weighted by Crippen LogP contribution is -2.43. The standard InChI is InChI=1S/C19H18F3NO3/c1-12-5-7-13(8-6-12)10-16(18(25)26)23-17(24)11-14-3-2-4-15(9-14)19(20,21)22/h2-9,16H,10-11H2,1H3,(H,23,24)(H,25,26)/t16-/m0/s1. The summed E-state index contributed by atoms with van der Waals surface area (Å²) in [6, 6.07) is 10.5. The lowest BCUT2D eigenvalue weighted by Gasteiger charge is -2.15. The summed E-state index contributed by atoms with van der Waals surface area (Å²) in [5.41, 5.74) is 1.07. The Kier molecular flexibility index (Phi) is 6.02. The van der Waals surface area contributed by atoms with Crippen molar-refractivity contribution in [3.8, 4) is 0 Å². The summed E-state index contributed by atoms with van der Waals surface area (Å²) >= 11 is 0. The zero-order chi connectivity index (χ0) is 19.3. The van der Waals surface area contributed by atoms with Crippen LogP contribution >= 0.6 is 0 Å². The van der Waals surface area contributed by atoms with Crippen LogP contribution in [0.3, 0.4) is 0 Å². The largest absolute Gasteiger partial charge is 0.480 e. The summed E-state index contributed by atoms with van der Waals surface area (Å²) in [6.45, 7) is 1.90. The quantitative estimate of drug-likeness (QED) is 0.825. The van der Waals surface area contributed by atoms with Gasteiger partial charge >= 0.3 is 12.1 Å². The monoisotopic (exact) mass is 365 g/mol. The molecule has 0 unspecified atom stereocenters. The van der Waals surface area contributed by atoms with E-state index in [0.717, 1.165) is 23.3 Å². The molecule has 0 spiro atoms. The van der Waals surface area contributed by atoms with E-state index in [1.54, 1.807) is 12.1 Å². The van der Waals surface area contributed by atoms with Crippen molar-refractivity contribution < 1.29 is 27.9 Å². The minimum atomic E-state index is -4.50. The fraction of sp³-hybridized carbons (Fsp3) is 0.263. The fourth-order valence-electron chi connectivity index (χ4n) is 2.45. The average molecular weight is 365 g/mol. The molecule has 0 aliphatic rings. The molecule has 0 aliphatic heterocycles. The number of amides is 1. The Morgan fingerprint density at radius 2 is 1.73 bits per heavy atom. The second-order valence-corrected chi connectivity index (χ2v) is 6.02. The van der Waals surface area contributed by atoms with Crippen molar-refractivity contribution in [2.45, 2.75) is 32.0 Å². The fourth-order valence-corrected chi connectivity index (χ4v) is 2.45. The molecule has 0 fully saturated rings. The molecule has 0 saturated carbocycles. The number of aliphatic carboxylic acids is 1. The molecule has 2 N–H and O–H groups in total. The summed E-state index contributed by atoms with van der Waals surface area (Å²) in [4.78, 5) is 23.5. The molecule has 1 atom stereocenters. The van der Waals surface area contributed by atoms with Crippen molar-refractivity contribution in [2.75, 3.05) is 0 Å². The maximum atomic E-state index is 12.7. The second-order valence-electron chi connectivity index (χ2n) is 6.02. The third kappa shape index (κ3) is 5.61. The van der Waals surface area contributed by atoms with Crippen LogP contribution in [0.5, 0.6) is 0 Å².